The molecule has 4 heterocycles. The molecule has 306 valence electrons. The standard InChI is InChI=1S/C62H45BN2/c1-61(2,3)34-26-29-51-46(30-34)48-31-35(62(4,5)6)32-49-58(48)64(51)52-24-15-25-53-57(52)63(49)50-33-47-41-21-10-8-17-37(41)38-18-11-13-22-42(38)54(47)56-45-28-27-44-40-20-9-7-16-36(40)39-19-12-14-23-43(39)55(44)59(45)65(53)60(50)56/h7-33H,1-6H3. The summed E-state index contributed by atoms with van der Waals surface area (Å²) in [6, 6.07) is 63.5. The summed E-state index contributed by atoms with van der Waals surface area (Å²) in [6.07, 6.45) is 0. The smallest absolute Gasteiger partial charge is 0.252 e. The second-order valence-electron chi connectivity index (χ2n) is 21.2. The van der Waals surface area contributed by atoms with Crippen molar-refractivity contribution in [2.24, 2.45) is 0 Å². The molecule has 3 heteroatoms. The first kappa shape index (κ1) is 36.0. The number of benzene rings is 11. The molecule has 2 nitrogen and oxygen atoms in total. The summed E-state index contributed by atoms with van der Waals surface area (Å²) in [4.78, 5) is 0. The van der Waals surface area contributed by atoms with Gasteiger partial charge in [-0.3, -0.25) is 0 Å². The fraction of sp³-hybridized carbons (Fsp3) is 0.129. The van der Waals surface area contributed by atoms with E-state index in [0.29, 0.717) is 0 Å². The van der Waals surface area contributed by atoms with Gasteiger partial charge in [0.25, 0.3) is 6.71 Å². The SMILES string of the molecule is CC(C)(C)c1ccc2c(c1)c1cc(C(C)(C)C)cc3c1n2-c1cccc2c1B3c1cc3c4ccccc4c4ccccc4c3c3c4ccc5c6ccccc6c6ccccc6c5c4n-2c13. The highest BCUT2D eigenvalue weighted by molar-refractivity contribution is 7.00. The normalized spacial score (nSPS) is 13.7. The third kappa shape index (κ3) is 4.37. The van der Waals surface area contributed by atoms with Gasteiger partial charge in [0.1, 0.15) is 0 Å². The van der Waals surface area contributed by atoms with Gasteiger partial charge in [-0.2, -0.15) is 0 Å². The van der Waals surface area contributed by atoms with E-state index in [1.807, 2.05) is 0 Å². The summed E-state index contributed by atoms with van der Waals surface area (Å²) in [5.74, 6) is 0. The maximum Gasteiger partial charge on any atom is 0.252 e. The lowest BCUT2D eigenvalue weighted by Gasteiger charge is -2.35. The average molecular weight is 829 g/mol. The zero-order valence-corrected chi connectivity index (χ0v) is 37.6. The highest BCUT2D eigenvalue weighted by atomic mass is 15.0. The van der Waals surface area contributed by atoms with Crippen molar-refractivity contribution in [1.82, 2.24) is 9.13 Å². The number of rotatable bonds is 0. The van der Waals surface area contributed by atoms with Crippen LogP contribution in [0.5, 0.6) is 0 Å². The average Bonchev–Trinajstić information content (AvgIpc) is 3.85. The zero-order chi connectivity index (χ0) is 43.4. The van der Waals surface area contributed by atoms with Gasteiger partial charge < -0.3 is 9.13 Å². The molecule has 0 saturated carbocycles. The summed E-state index contributed by atoms with van der Waals surface area (Å²) in [5.41, 5.74) is 14.7. The Morgan fingerprint density at radius 3 is 1.43 bits per heavy atom. The van der Waals surface area contributed by atoms with Crippen molar-refractivity contribution in [2.45, 2.75) is 52.4 Å². The van der Waals surface area contributed by atoms with E-state index in [1.165, 1.54) is 147 Å². The molecule has 13 aromatic rings. The minimum atomic E-state index is -0.0549. The quantitative estimate of drug-likeness (QED) is 0.106. The van der Waals surface area contributed by atoms with E-state index in [-0.39, 0.29) is 17.5 Å². The Morgan fingerprint density at radius 1 is 0.323 bits per heavy atom. The van der Waals surface area contributed by atoms with Crippen molar-refractivity contribution in [2.75, 3.05) is 0 Å². The first-order chi connectivity index (χ1) is 31.6. The summed E-state index contributed by atoms with van der Waals surface area (Å²) in [5, 5.41) is 21.1. The molecule has 0 radical (unpaired) electrons. The van der Waals surface area contributed by atoms with Gasteiger partial charge in [0.2, 0.25) is 0 Å². The van der Waals surface area contributed by atoms with Crippen molar-refractivity contribution in [3.8, 4) is 11.4 Å². The van der Waals surface area contributed by atoms with Crippen LogP contribution in [0.15, 0.2) is 164 Å². The van der Waals surface area contributed by atoms with Crippen LogP contribution in [0.1, 0.15) is 52.7 Å². The van der Waals surface area contributed by atoms with Gasteiger partial charge in [0, 0.05) is 49.2 Å². The van der Waals surface area contributed by atoms with E-state index in [2.05, 4.69) is 214 Å². The van der Waals surface area contributed by atoms with E-state index in [9.17, 15) is 0 Å². The molecular weight excluding hydrogens is 784 g/mol. The summed E-state index contributed by atoms with van der Waals surface area (Å²) in [7, 11) is 0. The molecule has 15 rings (SSSR count). The van der Waals surface area contributed by atoms with Crippen LogP contribution in [0.25, 0.3) is 120 Å². The largest absolute Gasteiger partial charge is 0.310 e. The van der Waals surface area contributed by atoms with Gasteiger partial charge in [-0.25, -0.2) is 0 Å². The molecule has 2 aromatic heterocycles. The Labute approximate surface area is 377 Å². The van der Waals surface area contributed by atoms with Crippen molar-refractivity contribution < 1.29 is 0 Å². The Hall–Kier alpha value is -7.36. The van der Waals surface area contributed by atoms with Crippen LogP contribution in [-0.2, 0) is 10.8 Å². The second-order valence-corrected chi connectivity index (χ2v) is 21.2. The van der Waals surface area contributed by atoms with Gasteiger partial charge in [-0.1, -0.05) is 175 Å². The minimum Gasteiger partial charge on any atom is -0.310 e. The fourth-order valence-electron chi connectivity index (χ4n) is 12.8. The van der Waals surface area contributed by atoms with Crippen LogP contribution < -0.4 is 16.4 Å². The Balaban J connectivity index is 1.24. The molecule has 0 fully saturated rings. The van der Waals surface area contributed by atoms with Crippen molar-refractivity contribution in [3.63, 3.8) is 0 Å². The summed E-state index contributed by atoms with van der Waals surface area (Å²) in [6.45, 7) is 14.2. The predicted molar refractivity (Wildman–Crippen MR) is 282 cm³/mol. The van der Waals surface area contributed by atoms with E-state index < -0.39 is 0 Å². The van der Waals surface area contributed by atoms with Crippen LogP contribution in [0.3, 0.4) is 0 Å². The Kier molecular flexibility index (Phi) is 6.57. The van der Waals surface area contributed by atoms with E-state index in [4.69, 9.17) is 0 Å². The van der Waals surface area contributed by atoms with Crippen LogP contribution in [0.4, 0.5) is 0 Å². The highest BCUT2D eigenvalue weighted by Crippen LogP contribution is 2.49. The molecule has 0 bridgehead atoms. The van der Waals surface area contributed by atoms with Crippen molar-refractivity contribution in [1.29, 1.82) is 0 Å². The van der Waals surface area contributed by atoms with Gasteiger partial charge in [0.05, 0.1) is 16.6 Å². The van der Waals surface area contributed by atoms with Crippen LogP contribution in [0.2, 0.25) is 0 Å². The highest BCUT2D eigenvalue weighted by Gasteiger charge is 2.42. The van der Waals surface area contributed by atoms with Crippen LogP contribution in [0, 0.1) is 0 Å². The monoisotopic (exact) mass is 828 g/mol. The topological polar surface area (TPSA) is 9.86 Å². The first-order valence-corrected chi connectivity index (χ1v) is 23.4. The fourth-order valence-corrected chi connectivity index (χ4v) is 12.8. The molecular formula is C62H45BN2. The third-order valence-corrected chi connectivity index (χ3v) is 15.7. The third-order valence-electron chi connectivity index (χ3n) is 15.7. The molecule has 0 N–H and O–H groups in total. The molecule has 65 heavy (non-hydrogen) atoms. The molecule has 2 aliphatic rings. The number of hydrogen-bond donors (Lipinski definition) is 0. The van der Waals surface area contributed by atoms with Gasteiger partial charge in [-0.05, 0) is 123 Å². The molecule has 0 atom stereocenters. The summed E-state index contributed by atoms with van der Waals surface area (Å²) >= 11 is 0. The lowest BCUT2D eigenvalue weighted by Crippen LogP contribution is -2.59. The van der Waals surface area contributed by atoms with E-state index >= 15 is 0 Å². The van der Waals surface area contributed by atoms with Crippen molar-refractivity contribution >= 4 is 131 Å². The molecule has 0 spiro atoms. The Bertz CT molecular complexity index is 4340. The molecule has 2 aliphatic heterocycles. The molecule has 0 saturated heterocycles. The number of fused-ring (bicyclic) bond motifs is 24. The summed E-state index contributed by atoms with van der Waals surface area (Å²) < 4.78 is 5.36. The number of hydrogen-bond acceptors (Lipinski definition) is 0. The molecule has 0 unspecified atom stereocenters. The van der Waals surface area contributed by atoms with Crippen LogP contribution >= 0.6 is 0 Å². The molecule has 0 amide bonds. The van der Waals surface area contributed by atoms with E-state index in [1.54, 1.807) is 0 Å². The first-order valence-electron chi connectivity index (χ1n) is 23.4. The van der Waals surface area contributed by atoms with Gasteiger partial charge in [-0.15, -0.1) is 0 Å². The Morgan fingerprint density at radius 2 is 0.815 bits per heavy atom. The van der Waals surface area contributed by atoms with Gasteiger partial charge in [0.15, 0.2) is 0 Å². The van der Waals surface area contributed by atoms with E-state index in [0.717, 1.165) is 0 Å². The maximum atomic E-state index is 2.72. The van der Waals surface area contributed by atoms with Gasteiger partial charge >= 0.3 is 0 Å². The number of aromatic nitrogens is 2. The maximum absolute atomic E-state index is 2.72. The molecule has 11 aromatic carbocycles. The van der Waals surface area contributed by atoms with Crippen LogP contribution in [-0.4, -0.2) is 15.8 Å². The lowest BCUT2D eigenvalue weighted by atomic mass is 9.34. The number of nitrogens with zero attached hydrogens (tertiary/aromatic N) is 2. The minimum absolute atomic E-state index is 0.0164. The van der Waals surface area contributed by atoms with Crippen molar-refractivity contribution in [3.05, 3.63) is 175 Å². The molecule has 0 aliphatic carbocycles. The lowest BCUT2D eigenvalue weighted by molar-refractivity contribution is 0.590. The predicted octanol–water partition coefficient (Wildman–Crippen LogP) is 14.5. The second kappa shape index (κ2) is 11.9. The zero-order valence-electron chi connectivity index (χ0n) is 37.6.